The zero-order valence-electron chi connectivity index (χ0n) is 12.7. The number of imidazole rings is 1. The fraction of sp³-hybridized carbons (Fsp3) is 0.353. The molecule has 2 aromatic rings. The van der Waals surface area contributed by atoms with Gasteiger partial charge in [0.05, 0.1) is 17.1 Å². The number of nitrogens with one attached hydrogen (secondary N) is 2. The van der Waals surface area contributed by atoms with Crippen LogP contribution in [-0.2, 0) is 11.2 Å². The fourth-order valence-electron chi connectivity index (χ4n) is 3.18. The summed E-state index contributed by atoms with van der Waals surface area (Å²) in [5.41, 5.74) is 4.54. The van der Waals surface area contributed by atoms with Crippen LogP contribution in [-0.4, -0.2) is 27.3 Å². The largest absolute Gasteiger partial charge is 0.382 e. The monoisotopic (exact) mass is 294 g/mol. The summed E-state index contributed by atoms with van der Waals surface area (Å²) in [4.78, 5) is 24.8. The Balaban J connectivity index is 1.81. The third-order valence-corrected chi connectivity index (χ3v) is 4.49. The van der Waals surface area contributed by atoms with Crippen molar-refractivity contribution in [2.24, 2.45) is 5.41 Å². The third-order valence-electron chi connectivity index (χ3n) is 4.49. The van der Waals surface area contributed by atoms with E-state index < -0.39 is 0 Å². The number of aromatic amines is 1. The normalized spacial score (nSPS) is 19.5. The van der Waals surface area contributed by atoms with Gasteiger partial charge in [-0.25, -0.2) is 4.98 Å². The van der Waals surface area contributed by atoms with Crippen molar-refractivity contribution in [1.29, 1.82) is 0 Å². The van der Waals surface area contributed by atoms with E-state index in [9.17, 15) is 4.79 Å². The topological polar surface area (TPSA) is 70.7 Å². The Morgan fingerprint density at radius 2 is 1.95 bits per heavy atom. The van der Waals surface area contributed by atoms with Crippen LogP contribution in [0.4, 0.5) is 0 Å². The lowest BCUT2D eigenvalue weighted by Gasteiger charge is -2.34. The van der Waals surface area contributed by atoms with Gasteiger partial charge in [-0.1, -0.05) is 13.8 Å². The van der Waals surface area contributed by atoms with Gasteiger partial charge in [-0.15, -0.1) is 0 Å². The van der Waals surface area contributed by atoms with E-state index in [1.807, 2.05) is 26.0 Å². The van der Waals surface area contributed by atoms with E-state index in [0.29, 0.717) is 6.54 Å². The molecule has 22 heavy (non-hydrogen) atoms. The van der Waals surface area contributed by atoms with Crippen molar-refractivity contribution in [3.63, 3.8) is 0 Å². The first-order valence-electron chi connectivity index (χ1n) is 7.58. The van der Waals surface area contributed by atoms with Crippen LogP contribution < -0.4 is 5.32 Å². The number of aryl methyl sites for hydroxylation is 1. The molecular weight excluding hydrogens is 276 g/mol. The number of Topliss-reactive ketones (excluding diaryl/α,β-unsaturated/α-hetero) is 1. The van der Waals surface area contributed by atoms with Crippen molar-refractivity contribution in [3.05, 3.63) is 41.5 Å². The molecule has 5 nitrogen and oxygen atoms in total. The van der Waals surface area contributed by atoms with Crippen LogP contribution in [0.2, 0.25) is 0 Å². The van der Waals surface area contributed by atoms with Gasteiger partial charge in [-0.2, -0.15) is 0 Å². The molecule has 0 atom stereocenters. The number of pyridine rings is 1. The minimum Gasteiger partial charge on any atom is -0.382 e. The van der Waals surface area contributed by atoms with Gasteiger partial charge in [0.1, 0.15) is 5.82 Å². The molecular formula is C17H18N4O. The summed E-state index contributed by atoms with van der Waals surface area (Å²) in [5.74, 6) is 1.09. The Hall–Kier alpha value is -2.43. The molecule has 5 heteroatoms. The summed E-state index contributed by atoms with van der Waals surface area (Å²) < 4.78 is 0. The van der Waals surface area contributed by atoms with E-state index in [1.165, 1.54) is 0 Å². The second-order valence-electron chi connectivity index (χ2n) is 6.56. The maximum Gasteiger partial charge on any atom is 0.168 e. The van der Waals surface area contributed by atoms with E-state index in [4.69, 9.17) is 4.98 Å². The zero-order chi connectivity index (χ0) is 15.3. The number of hydrogen-bond donors (Lipinski definition) is 2. The number of H-pyrrole nitrogens is 1. The van der Waals surface area contributed by atoms with Crippen LogP contribution in [0.25, 0.3) is 17.1 Å². The molecule has 2 N–H and O–H groups in total. The standard InChI is InChI=1S/C17H18N4O/c1-17(2)9-19-13-11(15(17)22)3-4-12-14(13)21-16(20-12)10-5-7-18-8-6-10/h5-8,19H,3-4,9H2,1-2H3,(H,20,21). The number of rotatable bonds is 1. The van der Waals surface area contributed by atoms with Crippen LogP contribution in [0.3, 0.4) is 0 Å². The SMILES string of the molecule is CC1(C)CNC2=C(CCc3nc(-c4ccncc4)[nH]c32)C1=O. The van der Waals surface area contributed by atoms with E-state index in [-0.39, 0.29) is 11.2 Å². The molecule has 1 aliphatic heterocycles. The number of carbonyl (C=O) groups is 1. The fourth-order valence-corrected chi connectivity index (χ4v) is 3.18. The van der Waals surface area contributed by atoms with Gasteiger partial charge in [-0.05, 0) is 25.0 Å². The smallest absolute Gasteiger partial charge is 0.168 e. The molecule has 2 aromatic heterocycles. The van der Waals surface area contributed by atoms with Crippen molar-refractivity contribution in [3.8, 4) is 11.4 Å². The van der Waals surface area contributed by atoms with Gasteiger partial charge in [0.15, 0.2) is 5.78 Å². The number of allylic oxidation sites excluding steroid dienone is 1. The zero-order valence-corrected chi connectivity index (χ0v) is 12.7. The molecule has 0 aromatic carbocycles. The quantitative estimate of drug-likeness (QED) is 0.847. The summed E-state index contributed by atoms with van der Waals surface area (Å²) in [6, 6.07) is 3.87. The number of ketones is 1. The van der Waals surface area contributed by atoms with Crippen molar-refractivity contribution in [1.82, 2.24) is 20.3 Å². The molecule has 1 aliphatic carbocycles. The van der Waals surface area contributed by atoms with E-state index >= 15 is 0 Å². The lowest BCUT2D eigenvalue weighted by Crippen LogP contribution is -2.43. The van der Waals surface area contributed by atoms with Crippen molar-refractivity contribution >= 4 is 11.5 Å². The molecule has 0 saturated heterocycles. The van der Waals surface area contributed by atoms with Gasteiger partial charge in [0.2, 0.25) is 0 Å². The molecule has 0 saturated carbocycles. The molecule has 0 amide bonds. The first-order valence-corrected chi connectivity index (χ1v) is 7.58. The van der Waals surface area contributed by atoms with Crippen molar-refractivity contribution < 1.29 is 4.79 Å². The lowest BCUT2D eigenvalue weighted by atomic mass is 9.77. The summed E-state index contributed by atoms with van der Waals surface area (Å²) in [6.07, 6.45) is 5.08. The Morgan fingerprint density at radius 3 is 2.73 bits per heavy atom. The molecule has 0 bridgehead atoms. The highest BCUT2D eigenvalue weighted by atomic mass is 16.1. The van der Waals surface area contributed by atoms with E-state index in [0.717, 1.165) is 46.9 Å². The predicted octanol–water partition coefficient (Wildman–Crippen LogP) is 2.33. The minimum atomic E-state index is -0.329. The molecule has 0 fully saturated rings. The first kappa shape index (κ1) is 13.2. The number of nitrogens with zero attached hydrogens (tertiary/aromatic N) is 2. The Morgan fingerprint density at radius 1 is 1.18 bits per heavy atom. The summed E-state index contributed by atoms with van der Waals surface area (Å²) in [6.45, 7) is 4.65. The van der Waals surface area contributed by atoms with Crippen LogP contribution >= 0.6 is 0 Å². The van der Waals surface area contributed by atoms with E-state index in [2.05, 4.69) is 15.3 Å². The highest BCUT2D eigenvalue weighted by Crippen LogP contribution is 2.37. The summed E-state index contributed by atoms with van der Waals surface area (Å²) in [7, 11) is 0. The predicted molar refractivity (Wildman–Crippen MR) is 83.9 cm³/mol. The first-order chi connectivity index (χ1) is 10.6. The highest BCUT2D eigenvalue weighted by Gasteiger charge is 2.39. The molecule has 112 valence electrons. The number of carbonyl (C=O) groups excluding carboxylic acids is 1. The Bertz CT molecular complexity index is 786. The second kappa shape index (κ2) is 4.53. The molecule has 0 spiro atoms. The van der Waals surface area contributed by atoms with Gasteiger partial charge >= 0.3 is 0 Å². The lowest BCUT2D eigenvalue weighted by molar-refractivity contribution is -0.123. The number of aromatic nitrogens is 3. The van der Waals surface area contributed by atoms with Crippen LogP contribution in [0.1, 0.15) is 31.7 Å². The van der Waals surface area contributed by atoms with Crippen molar-refractivity contribution in [2.75, 3.05) is 6.54 Å². The average molecular weight is 294 g/mol. The van der Waals surface area contributed by atoms with Gasteiger partial charge in [0.25, 0.3) is 0 Å². The van der Waals surface area contributed by atoms with Gasteiger partial charge < -0.3 is 10.3 Å². The van der Waals surface area contributed by atoms with Crippen LogP contribution in [0.15, 0.2) is 30.1 Å². The maximum absolute atomic E-state index is 12.6. The summed E-state index contributed by atoms with van der Waals surface area (Å²) in [5, 5.41) is 3.44. The molecule has 0 radical (unpaired) electrons. The molecule has 4 rings (SSSR count). The van der Waals surface area contributed by atoms with Gasteiger partial charge in [-0.3, -0.25) is 9.78 Å². The van der Waals surface area contributed by atoms with Crippen LogP contribution in [0.5, 0.6) is 0 Å². The summed E-state index contributed by atoms with van der Waals surface area (Å²) >= 11 is 0. The maximum atomic E-state index is 12.6. The second-order valence-corrected chi connectivity index (χ2v) is 6.56. The molecule has 2 aliphatic rings. The van der Waals surface area contributed by atoms with Crippen molar-refractivity contribution in [2.45, 2.75) is 26.7 Å². The molecule has 0 unspecified atom stereocenters. The van der Waals surface area contributed by atoms with E-state index in [1.54, 1.807) is 12.4 Å². The minimum absolute atomic E-state index is 0.256. The Kier molecular flexibility index (Phi) is 2.73. The Labute approximate surface area is 128 Å². The number of hydrogen-bond acceptors (Lipinski definition) is 4. The van der Waals surface area contributed by atoms with Gasteiger partial charge in [0, 0.05) is 35.5 Å². The van der Waals surface area contributed by atoms with Crippen LogP contribution in [0, 0.1) is 5.41 Å². The highest BCUT2D eigenvalue weighted by molar-refractivity contribution is 6.07. The average Bonchev–Trinajstić information content (AvgIpc) is 2.96. The third kappa shape index (κ3) is 1.89. The molecule has 3 heterocycles. The number of fused-ring (bicyclic) bond motifs is 2.